The SMILES string of the molecule is CCC(=O)[C@@H](C)[C@@H](C#Cc1ccccc1)c1ccccc1. The van der Waals surface area contributed by atoms with E-state index in [1.54, 1.807) is 0 Å². The van der Waals surface area contributed by atoms with Crippen molar-refractivity contribution in [2.45, 2.75) is 26.2 Å². The highest BCUT2D eigenvalue weighted by Crippen LogP contribution is 2.25. The van der Waals surface area contributed by atoms with Crippen molar-refractivity contribution >= 4 is 5.78 Å². The summed E-state index contributed by atoms with van der Waals surface area (Å²) in [5.41, 5.74) is 2.09. The van der Waals surface area contributed by atoms with Gasteiger partial charge < -0.3 is 0 Å². The van der Waals surface area contributed by atoms with E-state index in [0.717, 1.165) is 11.1 Å². The maximum Gasteiger partial charge on any atom is 0.137 e. The summed E-state index contributed by atoms with van der Waals surface area (Å²) in [4.78, 5) is 12.1. The Morgan fingerprint density at radius 3 is 2.14 bits per heavy atom. The molecule has 0 fully saturated rings. The van der Waals surface area contributed by atoms with Gasteiger partial charge in [-0.2, -0.15) is 0 Å². The van der Waals surface area contributed by atoms with Crippen molar-refractivity contribution in [3.05, 3.63) is 71.8 Å². The van der Waals surface area contributed by atoms with Crippen molar-refractivity contribution < 1.29 is 4.79 Å². The molecule has 106 valence electrons. The maximum atomic E-state index is 12.1. The van der Waals surface area contributed by atoms with E-state index in [2.05, 4.69) is 11.8 Å². The van der Waals surface area contributed by atoms with Crippen LogP contribution < -0.4 is 0 Å². The van der Waals surface area contributed by atoms with Crippen LogP contribution in [0.5, 0.6) is 0 Å². The smallest absolute Gasteiger partial charge is 0.137 e. The summed E-state index contributed by atoms with van der Waals surface area (Å²) >= 11 is 0. The first-order chi connectivity index (χ1) is 10.2. The molecule has 0 spiro atoms. The molecule has 0 saturated carbocycles. The van der Waals surface area contributed by atoms with Crippen LogP contribution in [0.15, 0.2) is 60.7 Å². The molecule has 2 aromatic carbocycles. The number of carbonyl (C=O) groups is 1. The second-order valence-corrected chi connectivity index (χ2v) is 5.13. The zero-order chi connectivity index (χ0) is 15.1. The summed E-state index contributed by atoms with van der Waals surface area (Å²) in [6.07, 6.45) is 0.553. The summed E-state index contributed by atoms with van der Waals surface area (Å²) in [7, 11) is 0. The highest BCUT2D eigenvalue weighted by Gasteiger charge is 2.22. The number of hydrogen-bond donors (Lipinski definition) is 0. The minimum Gasteiger partial charge on any atom is -0.299 e. The molecule has 0 aliphatic carbocycles. The predicted molar refractivity (Wildman–Crippen MR) is 87.0 cm³/mol. The number of Topliss-reactive ketones (excluding diaryl/α,β-unsaturated/α-hetero) is 1. The molecule has 1 nitrogen and oxygen atoms in total. The molecular weight excluding hydrogens is 256 g/mol. The van der Waals surface area contributed by atoms with Crippen molar-refractivity contribution in [3.8, 4) is 11.8 Å². The molecule has 0 N–H and O–H groups in total. The van der Waals surface area contributed by atoms with Crippen LogP contribution in [0.1, 0.15) is 37.3 Å². The van der Waals surface area contributed by atoms with E-state index in [-0.39, 0.29) is 17.6 Å². The summed E-state index contributed by atoms with van der Waals surface area (Å²) in [5, 5.41) is 0. The lowest BCUT2D eigenvalue weighted by Crippen LogP contribution is -2.17. The van der Waals surface area contributed by atoms with Crippen LogP contribution in [-0.2, 0) is 4.79 Å². The van der Waals surface area contributed by atoms with E-state index >= 15 is 0 Å². The number of hydrogen-bond acceptors (Lipinski definition) is 1. The summed E-state index contributed by atoms with van der Waals surface area (Å²) in [5.74, 6) is 6.61. The molecule has 0 bridgehead atoms. The summed E-state index contributed by atoms with van der Waals surface area (Å²) in [6, 6.07) is 20.0. The molecular formula is C20H20O. The first-order valence-corrected chi connectivity index (χ1v) is 7.36. The highest BCUT2D eigenvalue weighted by atomic mass is 16.1. The second kappa shape index (κ2) is 7.45. The Balaban J connectivity index is 2.33. The first kappa shape index (κ1) is 15.1. The van der Waals surface area contributed by atoms with Gasteiger partial charge >= 0.3 is 0 Å². The van der Waals surface area contributed by atoms with Crippen LogP contribution in [0.25, 0.3) is 0 Å². The predicted octanol–water partition coefficient (Wildman–Crippen LogP) is 4.44. The molecule has 0 aliphatic heterocycles. The maximum absolute atomic E-state index is 12.1. The Hall–Kier alpha value is -2.33. The first-order valence-electron chi connectivity index (χ1n) is 7.36. The fourth-order valence-corrected chi connectivity index (χ4v) is 2.35. The molecule has 0 aromatic heterocycles. The third-order valence-electron chi connectivity index (χ3n) is 3.66. The minimum absolute atomic E-state index is 0.0566. The van der Waals surface area contributed by atoms with Gasteiger partial charge in [-0.15, -0.1) is 0 Å². The molecule has 0 radical (unpaired) electrons. The molecule has 0 unspecified atom stereocenters. The molecule has 2 rings (SSSR count). The van der Waals surface area contributed by atoms with Gasteiger partial charge in [0.25, 0.3) is 0 Å². The topological polar surface area (TPSA) is 17.1 Å². The average Bonchev–Trinajstić information content (AvgIpc) is 2.56. The standard InChI is InChI=1S/C20H20O/c1-3-20(21)16(2)19(18-12-8-5-9-13-18)15-14-17-10-6-4-7-11-17/h4-13,16,19H,3H2,1-2H3/t16-,19+/m0/s1. The van der Waals surface area contributed by atoms with Gasteiger partial charge in [0.05, 0.1) is 5.92 Å². The zero-order valence-electron chi connectivity index (χ0n) is 12.5. The van der Waals surface area contributed by atoms with Crippen LogP contribution in [0.4, 0.5) is 0 Å². The lowest BCUT2D eigenvalue weighted by Gasteiger charge is -2.18. The Kier molecular flexibility index (Phi) is 5.35. The van der Waals surface area contributed by atoms with Crippen LogP contribution in [0.2, 0.25) is 0 Å². The molecule has 2 atom stereocenters. The van der Waals surface area contributed by atoms with Crippen LogP contribution >= 0.6 is 0 Å². The lowest BCUT2D eigenvalue weighted by atomic mass is 9.84. The van der Waals surface area contributed by atoms with Gasteiger partial charge in [-0.25, -0.2) is 0 Å². The van der Waals surface area contributed by atoms with Gasteiger partial charge in [0.2, 0.25) is 0 Å². The molecule has 0 amide bonds. The summed E-state index contributed by atoms with van der Waals surface area (Å²) in [6.45, 7) is 3.88. The minimum atomic E-state index is -0.0892. The van der Waals surface area contributed by atoms with E-state index in [4.69, 9.17) is 0 Å². The van der Waals surface area contributed by atoms with Gasteiger partial charge in [0.15, 0.2) is 0 Å². The van der Waals surface area contributed by atoms with Gasteiger partial charge in [-0.3, -0.25) is 4.79 Å². The normalized spacial score (nSPS) is 12.9. The quantitative estimate of drug-likeness (QED) is 0.755. The lowest BCUT2D eigenvalue weighted by molar-refractivity contribution is -0.122. The molecule has 2 aromatic rings. The van der Waals surface area contributed by atoms with Gasteiger partial charge in [0, 0.05) is 17.9 Å². The van der Waals surface area contributed by atoms with Gasteiger partial charge in [-0.1, -0.05) is 74.2 Å². The molecule has 0 heterocycles. The van der Waals surface area contributed by atoms with Crippen LogP contribution in [0, 0.1) is 17.8 Å². The van der Waals surface area contributed by atoms with E-state index in [9.17, 15) is 4.79 Å². The second-order valence-electron chi connectivity index (χ2n) is 5.13. The van der Waals surface area contributed by atoms with Crippen molar-refractivity contribution in [2.24, 2.45) is 5.92 Å². The van der Waals surface area contributed by atoms with E-state index in [0.29, 0.717) is 6.42 Å². The number of carbonyl (C=O) groups excluding carboxylic acids is 1. The van der Waals surface area contributed by atoms with Crippen molar-refractivity contribution in [1.82, 2.24) is 0 Å². The number of ketones is 1. The molecule has 0 aliphatic rings. The molecule has 21 heavy (non-hydrogen) atoms. The average molecular weight is 276 g/mol. The number of benzene rings is 2. The van der Waals surface area contributed by atoms with E-state index < -0.39 is 0 Å². The third kappa shape index (κ3) is 4.07. The Morgan fingerprint density at radius 1 is 1.00 bits per heavy atom. The molecule has 0 saturated heterocycles. The Labute approximate surface area is 127 Å². The van der Waals surface area contributed by atoms with E-state index in [1.165, 1.54) is 0 Å². The fourth-order valence-electron chi connectivity index (χ4n) is 2.35. The van der Waals surface area contributed by atoms with Gasteiger partial charge in [0.1, 0.15) is 5.78 Å². The van der Waals surface area contributed by atoms with Crippen LogP contribution in [0.3, 0.4) is 0 Å². The summed E-state index contributed by atoms with van der Waals surface area (Å²) < 4.78 is 0. The van der Waals surface area contributed by atoms with E-state index in [1.807, 2.05) is 74.5 Å². The van der Waals surface area contributed by atoms with Crippen molar-refractivity contribution in [1.29, 1.82) is 0 Å². The Bertz CT molecular complexity index is 632. The van der Waals surface area contributed by atoms with Crippen LogP contribution in [-0.4, -0.2) is 5.78 Å². The van der Waals surface area contributed by atoms with Crippen molar-refractivity contribution in [3.63, 3.8) is 0 Å². The highest BCUT2D eigenvalue weighted by molar-refractivity contribution is 5.82. The largest absolute Gasteiger partial charge is 0.299 e. The monoisotopic (exact) mass is 276 g/mol. The third-order valence-corrected chi connectivity index (χ3v) is 3.66. The van der Waals surface area contributed by atoms with Gasteiger partial charge in [-0.05, 0) is 17.7 Å². The van der Waals surface area contributed by atoms with Crippen molar-refractivity contribution in [2.75, 3.05) is 0 Å². The number of rotatable bonds is 4. The zero-order valence-corrected chi connectivity index (χ0v) is 12.5. The fraction of sp³-hybridized carbons (Fsp3) is 0.250. The molecule has 1 heteroatoms. The Morgan fingerprint density at radius 2 is 1.57 bits per heavy atom.